The van der Waals surface area contributed by atoms with Crippen molar-refractivity contribution >= 4 is 6.09 Å². The molecule has 1 amide bonds. The molecule has 1 N–H and O–H groups in total. The Morgan fingerprint density at radius 3 is 2.61 bits per heavy atom. The number of cyclic esters (lactones) is 1. The van der Waals surface area contributed by atoms with Gasteiger partial charge in [0.05, 0.1) is 13.7 Å². The van der Waals surface area contributed by atoms with Crippen LogP contribution in [0.5, 0.6) is 5.75 Å². The lowest BCUT2D eigenvalue weighted by molar-refractivity contribution is 0.139. The Kier molecular flexibility index (Phi) is 3.20. The number of hydrogen-bond acceptors (Lipinski definition) is 3. The zero-order chi connectivity index (χ0) is 13.3. The van der Waals surface area contributed by atoms with Crippen LogP contribution in [-0.4, -0.2) is 19.7 Å². The zero-order valence-electron chi connectivity index (χ0n) is 11.2. The Hall–Kier alpha value is -1.71. The predicted molar refractivity (Wildman–Crippen MR) is 68.9 cm³/mol. The third kappa shape index (κ3) is 2.42. The van der Waals surface area contributed by atoms with Gasteiger partial charge in [-0.2, -0.15) is 0 Å². The van der Waals surface area contributed by atoms with Crippen molar-refractivity contribution < 1.29 is 14.3 Å². The molecule has 0 saturated carbocycles. The van der Waals surface area contributed by atoms with Crippen LogP contribution in [0.25, 0.3) is 0 Å². The van der Waals surface area contributed by atoms with Crippen molar-refractivity contribution in [2.45, 2.75) is 32.3 Å². The second-order valence-corrected chi connectivity index (χ2v) is 5.48. The highest BCUT2D eigenvalue weighted by atomic mass is 16.6. The minimum Gasteiger partial charge on any atom is -0.496 e. The summed E-state index contributed by atoms with van der Waals surface area (Å²) >= 11 is 0. The molecule has 1 atom stereocenters. The lowest BCUT2D eigenvalue weighted by Gasteiger charge is -2.22. The number of carbonyl (C=O) groups is 1. The molecule has 1 aromatic rings. The summed E-state index contributed by atoms with van der Waals surface area (Å²) in [5.41, 5.74) is 2.17. The maximum Gasteiger partial charge on any atom is 0.407 e. The molecule has 0 spiro atoms. The van der Waals surface area contributed by atoms with Crippen molar-refractivity contribution in [1.82, 2.24) is 5.32 Å². The van der Waals surface area contributed by atoms with Crippen molar-refractivity contribution in [2.24, 2.45) is 0 Å². The van der Waals surface area contributed by atoms with Gasteiger partial charge in [-0.1, -0.05) is 26.8 Å². The largest absolute Gasteiger partial charge is 0.496 e. The van der Waals surface area contributed by atoms with E-state index in [2.05, 4.69) is 32.2 Å². The van der Waals surface area contributed by atoms with Crippen molar-refractivity contribution in [3.05, 3.63) is 29.3 Å². The number of nitrogens with one attached hydrogen (secondary N) is 1. The Morgan fingerprint density at radius 1 is 1.39 bits per heavy atom. The summed E-state index contributed by atoms with van der Waals surface area (Å²) in [6.07, 6.45) is -0.641. The van der Waals surface area contributed by atoms with Gasteiger partial charge >= 0.3 is 6.09 Å². The SMILES string of the molecule is COc1ccc(C(C)(C)C)cc1C1CNC(=O)O1. The fourth-order valence-corrected chi connectivity index (χ4v) is 2.01. The minimum absolute atomic E-state index is 0.0526. The third-order valence-corrected chi connectivity index (χ3v) is 3.12. The second kappa shape index (κ2) is 4.52. The summed E-state index contributed by atoms with van der Waals surface area (Å²) in [4.78, 5) is 11.1. The number of benzene rings is 1. The molecule has 0 bridgehead atoms. The number of methoxy groups -OCH3 is 1. The van der Waals surface area contributed by atoms with Crippen LogP contribution in [0.3, 0.4) is 0 Å². The molecule has 18 heavy (non-hydrogen) atoms. The quantitative estimate of drug-likeness (QED) is 0.876. The molecule has 1 aliphatic heterocycles. The van der Waals surface area contributed by atoms with Crippen LogP contribution < -0.4 is 10.1 Å². The normalized spacial score (nSPS) is 19.3. The van der Waals surface area contributed by atoms with Crippen molar-refractivity contribution in [3.8, 4) is 5.75 Å². The Bertz CT molecular complexity index is 463. The maximum atomic E-state index is 11.1. The smallest absolute Gasteiger partial charge is 0.407 e. The molecule has 0 aliphatic carbocycles. The number of rotatable bonds is 2. The highest BCUT2D eigenvalue weighted by molar-refractivity contribution is 5.70. The highest BCUT2D eigenvalue weighted by Crippen LogP contribution is 2.34. The van der Waals surface area contributed by atoms with Gasteiger partial charge in [-0.3, -0.25) is 0 Å². The minimum atomic E-state index is -0.372. The molecule has 1 aliphatic rings. The topological polar surface area (TPSA) is 47.6 Å². The van der Waals surface area contributed by atoms with Gasteiger partial charge in [0, 0.05) is 5.56 Å². The average Bonchev–Trinajstić information content (AvgIpc) is 2.73. The van der Waals surface area contributed by atoms with E-state index in [9.17, 15) is 4.79 Å². The molecule has 1 heterocycles. The number of ether oxygens (including phenoxy) is 2. The van der Waals surface area contributed by atoms with E-state index in [0.717, 1.165) is 11.3 Å². The molecule has 0 aromatic heterocycles. The molecule has 0 radical (unpaired) electrons. The summed E-state index contributed by atoms with van der Waals surface area (Å²) in [5, 5.41) is 2.66. The molecular formula is C14H19NO3. The molecule has 1 fully saturated rings. The fourth-order valence-electron chi connectivity index (χ4n) is 2.01. The summed E-state index contributed by atoms with van der Waals surface area (Å²) in [7, 11) is 1.62. The van der Waals surface area contributed by atoms with Crippen LogP contribution in [0.4, 0.5) is 4.79 Å². The number of alkyl carbamates (subject to hydrolysis) is 1. The molecule has 4 heteroatoms. The van der Waals surface area contributed by atoms with Crippen LogP contribution in [0.15, 0.2) is 18.2 Å². The van der Waals surface area contributed by atoms with Crippen molar-refractivity contribution in [1.29, 1.82) is 0 Å². The molecule has 1 unspecified atom stereocenters. The molecule has 98 valence electrons. The first-order chi connectivity index (χ1) is 8.41. The maximum absolute atomic E-state index is 11.1. The van der Waals surface area contributed by atoms with E-state index in [0.29, 0.717) is 6.54 Å². The lowest BCUT2D eigenvalue weighted by atomic mass is 9.85. The van der Waals surface area contributed by atoms with Gasteiger partial charge in [-0.15, -0.1) is 0 Å². The summed E-state index contributed by atoms with van der Waals surface area (Å²) in [5.74, 6) is 0.754. The van der Waals surface area contributed by atoms with Gasteiger partial charge < -0.3 is 14.8 Å². The van der Waals surface area contributed by atoms with Gasteiger partial charge in [0.2, 0.25) is 0 Å². The third-order valence-electron chi connectivity index (χ3n) is 3.12. The first-order valence-electron chi connectivity index (χ1n) is 6.04. The predicted octanol–water partition coefficient (Wildman–Crippen LogP) is 2.77. The first kappa shape index (κ1) is 12.7. The molecule has 1 saturated heterocycles. The van der Waals surface area contributed by atoms with Crippen LogP contribution >= 0.6 is 0 Å². The second-order valence-electron chi connectivity index (χ2n) is 5.48. The van der Waals surface area contributed by atoms with Gasteiger partial charge in [0.25, 0.3) is 0 Å². The van der Waals surface area contributed by atoms with Gasteiger partial charge in [-0.25, -0.2) is 4.79 Å². The van der Waals surface area contributed by atoms with Crippen LogP contribution in [0.1, 0.15) is 38.0 Å². The molecule has 2 rings (SSSR count). The molecule has 4 nitrogen and oxygen atoms in total. The fraction of sp³-hybridized carbons (Fsp3) is 0.500. The van der Waals surface area contributed by atoms with E-state index in [1.165, 1.54) is 5.56 Å². The lowest BCUT2D eigenvalue weighted by Crippen LogP contribution is -2.14. The van der Waals surface area contributed by atoms with E-state index < -0.39 is 0 Å². The molecule has 1 aromatic carbocycles. The van der Waals surface area contributed by atoms with Crippen LogP contribution in [-0.2, 0) is 10.2 Å². The Morgan fingerprint density at radius 2 is 2.11 bits per heavy atom. The van der Waals surface area contributed by atoms with Crippen LogP contribution in [0, 0.1) is 0 Å². The first-order valence-corrected chi connectivity index (χ1v) is 6.04. The highest BCUT2D eigenvalue weighted by Gasteiger charge is 2.28. The van der Waals surface area contributed by atoms with E-state index >= 15 is 0 Å². The van der Waals surface area contributed by atoms with Gasteiger partial charge in [0.15, 0.2) is 0 Å². The van der Waals surface area contributed by atoms with Crippen molar-refractivity contribution in [3.63, 3.8) is 0 Å². The van der Waals surface area contributed by atoms with E-state index in [1.54, 1.807) is 7.11 Å². The van der Waals surface area contributed by atoms with E-state index in [-0.39, 0.29) is 17.6 Å². The van der Waals surface area contributed by atoms with Crippen molar-refractivity contribution in [2.75, 3.05) is 13.7 Å². The summed E-state index contributed by atoms with van der Waals surface area (Å²) in [6.45, 7) is 6.94. The van der Waals surface area contributed by atoms with Gasteiger partial charge in [0.1, 0.15) is 11.9 Å². The number of carbonyl (C=O) groups excluding carboxylic acids is 1. The molecular weight excluding hydrogens is 230 g/mol. The van der Waals surface area contributed by atoms with E-state index in [1.807, 2.05) is 12.1 Å². The summed E-state index contributed by atoms with van der Waals surface area (Å²) in [6, 6.07) is 6.04. The Balaban J connectivity index is 2.40. The van der Waals surface area contributed by atoms with Crippen LogP contribution in [0.2, 0.25) is 0 Å². The zero-order valence-corrected chi connectivity index (χ0v) is 11.2. The monoisotopic (exact) mass is 249 g/mol. The average molecular weight is 249 g/mol. The standard InChI is InChI=1S/C14H19NO3/c1-14(2,3)9-5-6-11(17-4)10(7-9)12-8-15-13(16)18-12/h5-7,12H,8H2,1-4H3,(H,15,16). The van der Waals surface area contributed by atoms with Gasteiger partial charge in [-0.05, 0) is 23.1 Å². The number of hydrogen-bond donors (Lipinski definition) is 1. The van der Waals surface area contributed by atoms with E-state index in [4.69, 9.17) is 9.47 Å². The Labute approximate surface area is 107 Å². The summed E-state index contributed by atoms with van der Waals surface area (Å²) < 4.78 is 10.6. The number of amides is 1.